The maximum Gasteiger partial charge on any atom is 0.237 e. The molecule has 5 rings (SSSR count). The highest BCUT2D eigenvalue weighted by Gasteiger charge is 2.60. The van der Waals surface area contributed by atoms with Crippen LogP contribution in [0.2, 0.25) is 0 Å². The quantitative estimate of drug-likeness (QED) is 0.805. The highest BCUT2D eigenvalue weighted by atomic mass is 16.5. The largest absolute Gasteiger partial charge is 0.467 e. The minimum atomic E-state index is -0.758. The van der Waals surface area contributed by atoms with E-state index in [9.17, 15) is 9.59 Å². The van der Waals surface area contributed by atoms with Gasteiger partial charge in [-0.1, -0.05) is 42.8 Å². The summed E-state index contributed by atoms with van der Waals surface area (Å²) in [6, 6.07) is 17.1. The molecule has 1 saturated carbocycles. The first-order chi connectivity index (χ1) is 13.2. The molecule has 2 heterocycles. The Morgan fingerprint density at radius 1 is 1.07 bits per heavy atom. The van der Waals surface area contributed by atoms with Crippen molar-refractivity contribution < 1.29 is 14.3 Å². The topological polar surface area (TPSA) is 67.4 Å². The Balaban J connectivity index is 1.57. The van der Waals surface area contributed by atoms with Crippen molar-refractivity contribution in [3.05, 3.63) is 60.2 Å². The summed E-state index contributed by atoms with van der Waals surface area (Å²) in [5.74, 6) is -0.497. The molecule has 2 aromatic rings. The van der Waals surface area contributed by atoms with E-state index in [1.165, 1.54) is 0 Å². The van der Waals surface area contributed by atoms with E-state index in [1.54, 1.807) is 0 Å². The Morgan fingerprint density at radius 3 is 2.70 bits per heavy atom. The van der Waals surface area contributed by atoms with E-state index in [1.807, 2.05) is 54.6 Å². The van der Waals surface area contributed by atoms with Crippen molar-refractivity contribution in [2.45, 2.75) is 37.3 Å². The summed E-state index contributed by atoms with van der Waals surface area (Å²) in [6.07, 6.45) is 3.86. The number of anilines is 1. The van der Waals surface area contributed by atoms with Crippen LogP contribution in [0.3, 0.4) is 0 Å². The number of benzene rings is 2. The molecular weight excluding hydrogens is 340 g/mol. The van der Waals surface area contributed by atoms with Gasteiger partial charge in [0.25, 0.3) is 0 Å². The average Bonchev–Trinajstić information content (AvgIpc) is 2.67. The molecule has 2 aromatic carbocycles. The molecule has 0 aromatic heterocycles. The molecule has 2 aliphatic heterocycles. The molecule has 0 unspecified atom stereocenters. The van der Waals surface area contributed by atoms with Gasteiger partial charge in [-0.3, -0.25) is 9.59 Å². The third-order valence-electron chi connectivity index (χ3n) is 6.22. The molecule has 1 saturated heterocycles. The van der Waals surface area contributed by atoms with Gasteiger partial charge in [-0.2, -0.15) is 0 Å². The van der Waals surface area contributed by atoms with Gasteiger partial charge in [0, 0.05) is 23.9 Å². The number of hydrogen-bond acceptors (Lipinski definition) is 3. The van der Waals surface area contributed by atoms with Gasteiger partial charge in [0.15, 0.2) is 5.72 Å². The third-order valence-corrected chi connectivity index (χ3v) is 6.22. The number of piperidine rings is 1. The number of fused-ring (bicyclic) bond motifs is 2. The van der Waals surface area contributed by atoms with Crippen molar-refractivity contribution in [3.63, 3.8) is 0 Å². The summed E-state index contributed by atoms with van der Waals surface area (Å²) in [5, 5.41) is 6.03. The SMILES string of the molecule is O=C(Nc1ccccc1)[C@H]1C(=O)N[C@]23CCCC[C@H]2[C@@H]1c1ccccc1O3. The molecule has 0 radical (unpaired) electrons. The van der Waals surface area contributed by atoms with Crippen LogP contribution in [0.15, 0.2) is 54.6 Å². The van der Waals surface area contributed by atoms with E-state index in [0.29, 0.717) is 5.69 Å². The Morgan fingerprint density at radius 2 is 1.85 bits per heavy atom. The Labute approximate surface area is 158 Å². The van der Waals surface area contributed by atoms with Crippen LogP contribution >= 0.6 is 0 Å². The molecule has 1 aliphatic carbocycles. The van der Waals surface area contributed by atoms with E-state index in [-0.39, 0.29) is 23.7 Å². The fourth-order valence-corrected chi connectivity index (χ4v) is 5.09. The lowest BCUT2D eigenvalue weighted by Gasteiger charge is -2.55. The van der Waals surface area contributed by atoms with Gasteiger partial charge in [-0.15, -0.1) is 0 Å². The van der Waals surface area contributed by atoms with Gasteiger partial charge >= 0.3 is 0 Å². The number of nitrogens with one attached hydrogen (secondary N) is 2. The summed E-state index contributed by atoms with van der Waals surface area (Å²) in [6.45, 7) is 0. The van der Waals surface area contributed by atoms with Gasteiger partial charge in [-0.05, 0) is 36.6 Å². The van der Waals surface area contributed by atoms with Gasteiger partial charge in [-0.25, -0.2) is 0 Å². The monoisotopic (exact) mass is 362 g/mol. The van der Waals surface area contributed by atoms with Gasteiger partial charge in [0.1, 0.15) is 11.7 Å². The smallest absolute Gasteiger partial charge is 0.237 e. The summed E-state index contributed by atoms with van der Waals surface area (Å²) in [7, 11) is 0. The van der Waals surface area contributed by atoms with Crippen molar-refractivity contribution in [2.75, 3.05) is 5.32 Å². The standard InChI is InChI=1S/C22H22N2O3/c25-20(23-14-8-2-1-3-9-14)19-18-15-10-4-5-12-17(15)27-22(24-21(19)26)13-7-6-11-16(18)22/h1-5,8-10,12,16,18-19H,6-7,11,13H2,(H,23,25)(H,24,26)/t16-,18-,19-,22-/m0/s1. The van der Waals surface area contributed by atoms with Crippen molar-refractivity contribution >= 4 is 17.5 Å². The third kappa shape index (κ3) is 2.52. The average molecular weight is 362 g/mol. The van der Waals surface area contributed by atoms with E-state index in [0.717, 1.165) is 37.0 Å². The predicted molar refractivity (Wildman–Crippen MR) is 101 cm³/mol. The zero-order chi connectivity index (χ0) is 18.4. The first-order valence-electron chi connectivity index (χ1n) is 9.64. The normalized spacial score (nSPS) is 31.0. The van der Waals surface area contributed by atoms with Crippen molar-refractivity contribution in [3.8, 4) is 5.75 Å². The van der Waals surface area contributed by atoms with Crippen molar-refractivity contribution in [1.29, 1.82) is 0 Å². The Hall–Kier alpha value is -2.82. The molecule has 27 heavy (non-hydrogen) atoms. The van der Waals surface area contributed by atoms with Crippen LogP contribution in [-0.4, -0.2) is 17.5 Å². The van der Waals surface area contributed by atoms with E-state index < -0.39 is 11.6 Å². The number of carbonyl (C=O) groups excluding carboxylic acids is 2. The fraction of sp³-hybridized carbons (Fsp3) is 0.364. The molecule has 3 aliphatic rings. The van der Waals surface area contributed by atoms with Crippen molar-refractivity contribution in [2.24, 2.45) is 11.8 Å². The molecule has 2 amide bonds. The zero-order valence-corrected chi connectivity index (χ0v) is 15.0. The second-order valence-corrected chi connectivity index (χ2v) is 7.73. The molecule has 4 atom stereocenters. The van der Waals surface area contributed by atoms with E-state index in [2.05, 4.69) is 10.6 Å². The zero-order valence-electron chi connectivity index (χ0n) is 15.0. The maximum atomic E-state index is 13.1. The van der Waals surface area contributed by atoms with Crippen molar-refractivity contribution in [1.82, 2.24) is 5.32 Å². The van der Waals surface area contributed by atoms with Crippen LogP contribution in [0.4, 0.5) is 5.69 Å². The highest BCUT2D eigenvalue weighted by molar-refractivity contribution is 6.08. The second-order valence-electron chi connectivity index (χ2n) is 7.73. The minimum Gasteiger partial charge on any atom is -0.467 e. The number of carbonyl (C=O) groups is 2. The van der Waals surface area contributed by atoms with Crippen LogP contribution in [-0.2, 0) is 9.59 Å². The van der Waals surface area contributed by atoms with Crippen LogP contribution in [0.5, 0.6) is 5.75 Å². The number of amides is 2. The molecule has 5 nitrogen and oxygen atoms in total. The van der Waals surface area contributed by atoms with Crippen LogP contribution in [0, 0.1) is 11.8 Å². The van der Waals surface area contributed by atoms with Crippen LogP contribution in [0.25, 0.3) is 0 Å². The summed E-state index contributed by atoms with van der Waals surface area (Å²) >= 11 is 0. The number of para-hydroxylation sites is 2. The first-order valence-corrected chi connectivity index (χ1v) is 9.64. The van der Waals surface area contributed by atoms with Gasteiger partial charge in [0.2, 0.25) is 11.8 Å². The highest BCUT2D eigenvalue weighted by Crippen LogP contribution is 2.55. The van der Waals surface area contributed by atoms with Crippen LogP contribution in [0.1, 0.15) is 37.2 Å². The Kier molecular flexibility index (Phi) is 3.71. The minimum absolute atomic E-state index is 0.116. The summed E-state index contributed by atoms with van der Waals surface area (Å²) in [4.78, 5) is 26.2. The molecule has 0 spiro atoms. The van der Waals surface area contributed by atoms with Crippen LogP contribution < -0.4 is 15.4 Å². The van der Waals surface area contributed by atoms with E-state index >= 15 is 0 Å². The number of hydrogen-bond donors (Lipinski definition) is 2. The lowest BCUT2D eigenvalue weighted by atomic mass is 9.62. The van der Waals surface area contributed by atoms with Gasteiger partial charge < -0.3 is 15.4 Å². The second kappa shape index (κ2) is 6.12. The lowest BCUT2D eigenvalue weighted by molar-refractivity contribution is -0.160. The molecule has 2 bridgehead atoms. The number of rotatable bonds is 2. The lowest BCUT2D eigenvalue weighted by Crippen LogP contribution is -2.69. The van der Waals surface area contributed by atoms with E-state index in [4.69, 9.17) is 4.74 Å². The molecule has 5 heteroatoms. The maximum absolute atomic E-state index is 13.1. The number of ether oxygens (including phenoxy) is 1. The summed E-state index contributed by atoms with van der Waals surface area (Å²) in [5.41, 5.74) is 1.01. The summed E-state index contributed by atoms with van der Waals surface area (Å²) < 4.78 is 6.35. The molecular formula is C22H22N2O3. The molecule has 2 N–H and O–H groups in total. The van der Waals surface area contributed by atoms with Gasteiger partial charge in [0.05, 0.1) is 0 Å². The molecule has 2 fully saturated rings. The predicted octanol–water partition coefficient (Wildman–Crippen LogP) is 3.43. The Bertz CT molecular complexity index is 897. The first kappa shape index (κ1) is 16.4. The molecule has 138 valence electrons. The fourth-order valence-electron chi connectivity index (χ4n) is 5.09.